The standard InChI is InChI=1S/C25H28FN3O3S/c1-3-32-24(31)22-14(2)27-25-29(23(22)18-6-4-5-7-19(18)26)17(13-33-25)12-21(30)28-20-11-15-8-9-16(20)10-15/h4-7,13,15-16,20,23H,3,8-12H2,1-2H3,(H,28,30)/t15-,16-,20+,23+/m0/s1. The zero-order valence-electron chi connectivity index (χ0n) is 18.8. The average molecular weight is 470 g/mol. The number of amides is 1. The Morgan fingerprint density at radius 3 is 2.79 bits per heavy atom. The van der Waals surface area contributed by atoms with E-state index in [1.54, 1.807) is 32.0 Å². The highest BCUT2D eigenvalue weighted by molar-refractivity contribution is 8.16. The summed E-state index contributed by atoms with van der Waals surface area (Å²) in [6.45, 7) is 3.69. The second-order valence-electron chi connectivity index (χ2n) is 9.16. The van der Waals surface area contributed by atoms with Crippen molar-refractivity contribution < 1.29 is 18.7 Å². The number of amidine groups is 1. The first kappa shape index (κ1) is 22.2. The normalized spacial score (nSPS) is 27.9. The van der Waals surface area contributed by atoms with Crippen molar-refractivity contribution in [2.24, 2.45) is 16.8 Å². The number of benzene rings is 1. The molecule has 6 nitrogen and oxygen atoms in total. The lowest BCUT2D eigenvalue weighted by atomic mass is 9.93. The lowest BCUT2D eigenvalue weighted by Gasteiger charge is -2.36. The second-order valence-corrected chi connectivity index (χ2v) is 10.00. The molecule has 33 heavy (non-hydrogen) atoms. The minimum Gasteiger partial charge on any atom is -0.463 e. The molecule has 4 atom stereocenters. The predicted octanol–water partition coefficient (Wildman–Crippen LogP) is 4.66. The summed E-state index contributed by atoms with van der Waals surface area (Å²) in [6, 6.07) is 5.93. The number of thioether (sulfide) groups is 1. The van der Waals surface area contributed by atoms with E-state index in [9.17, 15) is 14.0 Å². The summed E-state index contributed by atoms with van der Waals surface area (Å²) < 4.78 is 20.3. The predicted molar refractivity (Wildman–Crippen MR) is 125 cm³/mol. The number of fused-ring (bicyclic) bond motifs is 3. The summed E-state index contributed by atoms with van der Waals surface area (Å²) in [5, 5.41) is 5.75. The van der Waals surface area contributed by atoms with Crippen molar-refractivity contribution in [3.05, 3.63) is 58.0 Å². The lowest BCUT2D eigenvalue weighted by molar-refractivity contribution is -0.139. The Morgan fingerprint density at radius 2 is 2.09 bits per heavy atom. The summed E-state index contributed by atoms with van der Waals surface area (Å²) in [4.78, 5) is 32.3. The highest BCUT2D eigenvalue weighted by atomic mass is 32.2. The number of hydrogen-bond acceptors (Lipinski definition) is 6. The fraction of sp³-hybridized carbons (Fsp3) is 0.480. The molecule has 0 spiro atoms. The molecule has 2 bridgehead atoms. The van der Waals surface area contributed by atoms with Gasteiger partial charge < -0.3 is 15.0 Å². The van der Waals surface area contributed by atoms with Crippen molar-refractivity contribution in [3.63, 3.8) is 0 Å². The molecule has 1 N–H and O–H groups in total. The zero-order valence-corrected chi connectivity index (χ0v) is 19.7. The van der Waals surface area contributed by atoms with Gasteiger partial charge in [0.05, 0.1) is 30.3 Å². The molecule has 0 unspecified atom stereocenters. The van der Waals surface area contributed by atoms with Crippen LogP contribution in [-0.4, -0.2) is 34.6 Å². The van der Waals surface area contributed by atoms with E-state index in [4.69, 9.17) is 4.74 Å². The minimum atomic E-state index is -0.741. The van der Waals surface area contributed by atoms with E-state index < -0.39 is 17.8 Å². The number of carbonyl (C=O) groups excluding carboxylic acids is 2. The number of ether oxygens (including phenoxy) is 1. The van der Waals surface area contributed by atoms with Gasteiger partial charge in [-0.15, -0.1) is 0 Å². The van der Waals surface area contributed by atoms with Crippen LogP contribution in [0.1, 0.15) is 57.6 Å². The monoisotopic (exact) mass is 469 g/mol. The Hall–Kier alpha value is -2.61. The molecule has 1 amide bonds. The Morgan fingerprint density at radius 1 is 1.27 bits per heavy atom. The molecular formula is C25H28FN3O3S. The van der Waals surface area contributed by atoms with E-state index in [1.165, 1.54) is 37.1 Å². The van der Waals surface area contributed by atoms with Crippen molar-refractivity contribution in [1.82, 2.24) is 10.2 Å². The summed E-state index contributed by atoms with van der Waals surface area (Å²) in [7, 11) is 0. The van der Waals surface area contributed by atoms with Gasteiger partial charge in [-0.3, -0.25) is 4.79 Å². The van der Waals surface area contributed by atoms with E-state index in [1.807, 2.05) is 10.3 Å². The molecule has 1 aromatic carbocycles. The van der Waals surface area contributed by atoms with Crippen molar-refractivity contribution in [1.29, 1.82) is 0 Å². The Kier molecular flexibility index (Phi) is 6.03. The molecule has 0 radical (unpaired) electrons. The molecule has 1 aromatic rings. The fourth-order valence-corrected chi connectivity index (χ4v) is 6.64. The molecule has 5 rings (SSSR count). The van der Waals surface area contributed by atoms with Gasteiger partial charge in [0.2, 0.25) is 5.91 Å². The van der Waals surface area contributed by atoms with E-state index in [0.29, 0.717) is 33.6 Å². The number of allylic oxidation sites excluding steroid dienone is 1. The van der Waals surface area contributed by atoms with E-state index in [0.717, 1.165) is 12.3 Å². The number of carbonyl (C=O) groups is 2. The topological polar surface area (TPSA) is 71.0 Å². The van der Waals surface area contributed by atoms with Crippen LogP contribution in [-0.2, 0) is 14.3 Å². The summed E-state index contributed by atoms with van der Waals surface area (Å²) in [5.41, 5.74) is 1.87. The maximum atomic E-state index is 15.0. The van der Waals surface area contributed by atoms with Crippen LogP contribution in [0.4, 0.5) is 4.39 Å². The Labute approximate surface area is 197 Å². The van der Waals surface area contributed by atoms with Crippen LogP contribution in [0.3, 0.4) is 0 Å². The first-order valence-corrected chi connectivity index (χ1v) is 12.5. The third-order valence-electron chi connectivity index (χ3n) is 7.12. The van der Waals surface area contributed by atoms with Crippen LogP contribution in [0.2, 0.25) is 0 Å². The zero-order chi connectivity index (χ0) is 23.1. The van der Waals surface area contributed by atoms with Crippen LogP contribution in [0, 0.1) is 17.7 Å². The molecule has 0 aromatic heterocycles. The Bertz CT molecular complexity index is 1080. The van der Waals surface area contributed by atoms with Crippen molar-refractivity contribution in [2.45, 2.75) is 58.0 Å². The number of hydrogen-bond donors (Lipinski definition) is 1. The van der Waals surface area contributed by atoms with Crippen molar-refractivity contribution in [3.8, 4) is 0 Å². The molecule has 2 heterocycles. The van der Waals surface area contributed by atoms with Crippen molar-refractivity contribution in [2.75, 3.05) is 6.61 Å². The van der Waals surface area contributed by atoms with Gasteiger partial charge in [-0.2, -0.15) is 0 Å². The number of halogens is 1. The SMILES string of the molecule is CCOC(=O)C1=C(C)N=C2SC=C(CC(=O)N[C@@H]3C[C@H]4CC[C@H]3C4)N2[C@@H]1c1ccccc1F. The van der Waals surface area contributed by atoms with Crippen LogP contribution >= 0.6 is 11.8 Å². The summed E-state index contributed by atoms with van der Waals surface area (Å²) >= 11 is 1.39. The highest BCUT2D eigenvalue weighted by Crippen LogP contribution is 2.46. The first-order chi connectivity index (χ1) is 16.0. The maximum Gasteiger partial charge on any atom is 0.338 e. The number of aliphatic imine (C=N–C) groups is 1. The second kappa shape index (κ2) is 8.97. The van der Waals surface area contributed by atoms with Crippen LogP contribution < -0.4 is 5.32 Å². The highest BCUT2D eigenvalue weighted by Gasteiger charge is 2.43. The molecule has 4 aliphatic rings. The largest absolute Gasteiger partial charge is 0.463 e. The van der Waals surface area contributed by atoms with Crippen LogP contribution in [0.5, 0.6) is 0 Å². The van der Waals surface area contributed by atoms with Crippen molar-refractivity contribution >= 4 is 28.8 Å². The quantitative estimate of drug-likeness (QED) is 0.614. The molecule has 174 valence electrons. The molecular weight excluding hydrogens is 441 g/mol. The molecule has 0 saturated heterocycles. The van der Waals surface area contributed by atoms with Crippen LogP contribution in [0.15, 0.2) is 51.6 Å². The Balaban J connectivity index is 1.43. The van der Waals surface area contributed by atoms with Gasteiger partial charge in [0.15, 0.2) is 5.17 Å². The number of esters is 1. The third kappa shape index (κ3) is 4.09. The van der Waals surface area contributed by atoms with Gasteiger partial charge in [-0.05, 0) is 56.4 Å². The summed E-state index contributed by atoms with van der Waals surface area (Å²) in [6.07, 6.45) is 4.90. The molecule has 2 aliphatic carbocycles. The fourth-order valence-electron chi connectivity index (χ4n) is 5.67. The summed E-state index contributed by atoms with van der Waals surface area (Å²) in [5.74, 6) is 0.352. The van der Waals surface area contributed by atoms with E-state index in [2.05, 4.69) is 10.3 Å². The molecule has 2 fully saturated rings. The number of nitrogens with zero attached hydrogens (tertiary/aromatic N) is 2. The first-order valence-electron chi connectivity index (χ1n) is 11.6. The van der Waals surface area contributed by atoms with E-state index >= 15 is 0 Å². The molecule has 2 saturated carbocycles. The van der Waals surface area contributed by atoms with Gasteiger partial charge >= 0.3 is 5.97 Å². The van der Waals surface area contributed by atoms with Gasteiger partial charge in [0, 0.05) is 17.3 Å². The van der Waals surface area contributed by atoms with Gasteiger partial charge in [-0.1, -0.05) is 36.4 Å². The number of nitrogens with one attached hydrogen (secondary N) is 1. The van der Waals surface area contributed by atoms with Crippen LogP contribution in [0.25, 0.3) is 0 Å². The lowest BCUT2D eigenvalue weighted by Crippen LogP contribution is -2.41. The molecule has 8 heteroatoms. The van der Waals surface area contributed by atoms with Gasteiger partial charge in [0.25, 0.3) is 0 Å². The molecule has 2 aliphatic heterocycles. The average Bonchev–Trinajstić information content (AvgIpc) is 3.50. The van der Waals surface area contributed by atoms with E-state index in [-0.39, 0.29) is 25.0 Å². The van der Waals surface area contributed by atoms with Gasteiger partial charge in [0.1, 0.15) is 5.82 Å². The number of rotatable bonds is 6. The smallest absolute Gasteiger partial charge is 0.338 e. The third-order valence-corrected chi connectivity index (χ3v) is 8.01. The maximum absolute atomic E-state index is 15.0. The van der Waals surface area contributed by atoms with Gasteiger partial charge in [-0.25, -0.2) is 14.2 Å². The minimum absolute atomic E-state index is 0.0445.